The molecule has 0 spiro atoms. The van der Waals surface area contributed by atoms with Crippen LogP contribution < -0.4 is 5.32 Å². The van der Waals surface area contributed by atoms with Crippen LogP contribution in [0.3, 0.4) is 0 Å². The maximum Gasteiger partial charge on any atom is 0.111 e. The molecule has 0 aliphatic carbocycles. The molecule has 17 heavy (non-hydrogen) atoms. The third-order valence-electron chi connectivity index (χ3n) is 3.65. The van der Waals surface area contributed by atoms with E-state index in [1.807, 2.05) is 12.3 Å². The monoisotopic (exact) mass is 230 g/mol. The lowest BCUT2D eigenvalue weighted by Gasteiger charge is -2.22. The summed E-state index contributed by atoms with van der Waals surface area (Å²) in [5.74, 6) is 0.632. The van der Waals surface area contributed by atoms with Crippen LogP contribution in [0.15, 0.2) is 18.3 Å². The maximum atomic E-state index is 4.46. The van der Waals surface area contributed by atoms with Crippen LogP contribution in [-0.2, 0) is 0 Å². The lowest BCUT2D eigenvalue weighted by atomic mass is 9.92. The zero-order valence-electron chi connectivity index (χ0n) is 10.1. The van der Waals surface area contributed by atoms with Gasteiger partial charge in [-0.3, -0.25) is 5.10 Å². The van der Waals surface area contributed by atoms with Gasteiger partial charge in [-0.15, -0.1) is 0 Å². The first-order valence-corrected chi connectivity index (χ1v) is 6.25. The second-order valence-corrected chi connectivity index (χ2v) is 4.72. The Kier molecular flexibility index (Phi) is 2.73. The summed E-state index contributed by atoms with van der Waals surface area (Å²) in [7, 11) is 0. The average molecular weight is 230 g/mol. The Morgan fingerprint density at radius 3 is 2.82 bits per heavy atom. The second-order valence-electron chi connectivity index (χ2n) is 4.72. The van der Waals surface area contributed by atoms with Gasteiger partial charge in [0, 0.05) is 17.8 Å². The normalized spacial score (nSPS) is 17.5. The summed E-state index contributed by atoms with van der Waals surface area (Å²) in [6.45, 7) is 4.39. The summed E-state index contributed by atoms with van der Waals surface area (Å²) >= 11 is 0. The fourth-order valence-corrected chi connectivity index (χ4v) is 2.66. The van der Waals surface area contributed by atoms with Crippen molar-refractivity contribution >= 4 is 0 Å². The van der Waals surface area contributed by atoms with Crippen LogP contribution in [0.5, 0.6) is 0 Å². The van der Waals surface area contributed by atoms with Gasteiger partial charge in [0.1, 0.15) is 5.69 Å². The molecular formula is C13H18N4. The van der Waals surface area contributed by atoms with Gasteiger partial charge in [0.25, 0.3) is 0 Å². The number of rotatable bonds is 2. The number of H-pyrrole nitrogens is 2. The molecule has 0 amide bonds. The van der Waals surface area contributed by atoms with Gasteiger partial charge < -0.3 is 10.3 Å². The fourth-order valence-electron chi connectivity index (χ4n) is 2.66. The van der Waals surface area contributed by atoms with Gasteiger partial charge in [-0.25, -0.2) is 0 Å². The lowest BCUT2D eigenvalue weighted by molar-refractivity contribution is 0.451. The molecule has 1 saturated heterocycles. The number of hydrogen-bond acceptors (Lipinski definition) is 2. The van der Waals surface area contributed by atoms with E-state index in [1.54, 1.807) is 0 Å². The summed E-state index contributed by atoms with van der Waals surface area (Å²) in [4.78, 5) is 3.22. The number of aromatic amines is 2. The van der Waals surface area contributed by atoms with Crippen molar-refractivity contribution in [2.75, 3.05) is 13.1 Å². The zero-order chi connectivity index (χ0) is 11.7. The first-order chi connectivity index (χ1) is 8.36. The van der Waals surface area contributed by atoms with Crippen LogP contribution in [0.2, 0.25) is 0 Å². The van der Waals surface area contributed by atoms with Crippen LogP contribution in [0.1, 0.15) is 30.0 Å². The molecule has 1 fully saturated rings. The summed E-state index contributed by atoms with van der Waals surface area (Å²) in [5.41, 5.74) is 4.76. The van der Waals surface area contributed by atoms with Crippen molar-refractivity contribution < 1.29 is 0 Å². The van der Waals surface area contributed by atoms with E-state index < -0.39 is 0 Å². The minimum Gasteiger partial charge on any atom is -0.360 e. The number of nitrogens with zero attached hydrogens (tertiary/aromatic N) is 1. The SMILES string of the molecule is Cc1c(-c2ccc[nH]2)n[nH]c1C1CCNCC1. The average Bonchev–Trinajstić information content (AvgIpc) is 2.99. The minimum atomic E-state index is 0.632. The number of hydrogen-bond donors (Lipinski definition) is 3. The summed E-state index contributed by atoms with van der Waals surface area (Å²) in [5, 5.41) is 11.1. The Bertz CT molecular complexity index is 477. The third-order valence-corrected chi connectivity index (χ3v) is 3.65. The Balaban J connectivity index is 1.92. The Morgan fingerprint density at radius 2 is 2.12 bits per heavy atom. The van der Waals surface area contributed by atoms with Crippen LogP contribution in [0, 0.1) is 6.92 Å². The van der Waals surface area contributed by atoms with E-state index in [-0.39, 0.29) is 0 Å². The molecule has 3 N–H and O–H groups in total. The van der Waals surface area contributed by atoms with Crippen LogP contribution in [-0.4, -0.2) is 28.3 Å². The van der Waals surface area contributed by atoms with Gasteiger partial charge in [0.2, 0.25) is 0 Å². The maximum absolute atomic E-state index is 4.46. The van der Waals surface area contributed by atoms with Gasteiger partial charge in [-0.05, 0) is 50.6 Å². The Labute approximate surface area is 101 Å². The first-order valence-electron chi connectivity index (χ1n) is 6.25. The predicted molar refractivity (Wildman–Crippen MR) is 68.0 cm³/mol. The number of nitrogens with one attached hydrogen (secondary N) is 3. The quantitative estimate of drug-likeness (QED) is 0.740. The van der Waals surface area contributed by atoms with E-state index >= 15 is 0 Å². The molecular weight excluding hydrogens is 212 g/mol. The van der Waals surface area contributed by atoms with Crippen LogP contribution in [0.25, 0.3) is 11.4 Å². The molecule has 0 unspecified atom stereocenters. The fraction of sp³-hybridized carbons (Fsp3) is 0.462. The zero-order valence-corrected chi connectivity index (χ0v) is 10.1. The molecule has 2 aromatic heterocycles. The smallest absolute Gasteiger partial charge is 0.111 e. The highest BCUT2D eigenvalue weighted by Crippen LogP contribution is 2.30. The summed E-state index contributed by atoms with van der Waals surface area (Å²) in [6, 6.07) is 4.07. The van der Waals surface area contributed by atoms with E-state index in [0.29, 0.717) is 5.92 Å². The van der Waals surface area contributed by atoms with Gasteiger partial charge in [-0.2, -0.15) is 5.10 Å². The standard InChI is InChI=1S/C13H18N4/c1-9-12(10-4-7-14-8-5-10)16-17-13(9)11-3-2-6-15-11/h2-3,6,10,14-15H,4-5,7-8H2,1H3,(H,16,17). The van der Waals surface area contributed by atoms with E-state index in [4.69, 9.17) is 0 Å². The van der Waals surface area contributed by atoms with E-state index in [2.05, 4.69) is 33.5 Å². The van der Waals surface area contributed by atoms with Crippen molar-refractivity contribution in [3.8, 4) is 11.4 Å². The van der Waals surface area contributed by atoms with Crippen molar-refractivity contribution in [3.63, 3.8) is 0 Å². The van der Waals surface area contributed by atoms with Gasteiger partial charge >= 0.3 is 0 Å². The number of piperidine rings is 1. The highest BCUT2D eigenvalue weighted by atomic mass is 15.1. The Hall–Kier alpha value is -1.55. The van der Waals surface area contributed by atoms with E-state index in [9.17, 15) is 0 Å². The summed E-state index contributed by atoms with van der Waals surface area (Å²) < 4.78 is 0. The Morgan fingerprint density at radius 1 is 1.29 bits per heavy atom. The molecule has 0 bridgehead atoms. The second kappa shape index (κ2) is 4.37. The molecule has 90 valence electrons. The molecule has 4 nitrogen and oxygen atoms in total. The van der Waals surface area contributed by atoms with Gasteiger partial charge in [-0.1, -0.05) is 0 Å². The topological polar surface area (TPSA) is 56.5 Å². The van der Waals surface area contributed by atoms with Crippen molar-refractivity contribution in [1.29, 1.82) is 0 Å². The minimum absolute atomic E-state index is 0.632. The predicted octanol–water partition coefficient (Wildman–Crippen LogP) is 2.18. The van der Waals surface area contributed by atoms with E-state index in [0.717, 1.165) is 24.5 Å². The van der Waals surface area contributed by atoms with Gasteiger partial charge in [0.05, 0.1) is 5.69 Å². The highest BCUT2D eigenvalue weighted by molar-refractivity contribution is 5.60. The molecule has 0 radical (unpaired) electrons. The van der Waals surface area contributed by atoms with Crippen molar-refractivity contribution in [2.45, 2.75) is 25.7 Å². The first kappa shape index (κ1) is 10.6. The van der Waals surface area contributed by atoms with Crippen LogP contribution >= 0.6 is 0 Å². The molecule has 3 heterocycles. The van der Waals surface area contributed by atoms with Crippen LogP contribution in [0.4, 0.5) is 0 Å². The molecule has 0 saturated carbocycles. The molecule has 3 rings (SSSR count). The third kappa shape index (κ3) is 1.89. The molecule has 1 aliphatic rings. The number of aromatic nitrogens is 3. The van der Waals surface area contributed by atoms with Crippen molar-refractivity contribution in [3.05, 3.63) is 29.6 Å². The largest absolute Gasteiger partial charge is 0.360 e. The van der Waals surface area contributed by atoms with Crippen molar-refractivity contribution in [2.24, 2.45) is 0 Å². The lowest BCUT2D eigenvalue weighted by Crippen LogP contribution is -2.27. The van der Waals surface area contributed by atoms with E-state index in [1.165, 1.54) is 24.1 Å². The highest BCUT2D eigenvalue weighted by Gasteiger charge is 2.21. The van der Waals surface area contributed by atoms with Gasteiger partial charge in [0.15, 0.2) is 0 Å². The molecule has 0 aromatic carbocycles. The molecule has 4 heteroatoms. The molecule has 1 aliphatic heterocycles. The van der Waals surface area contributed by atoms with Crippen molar-refractivity contribution in [1.82, 2.24) is 20.5 Å². The summed E-state index contributed by atoms with van der Waals surface area (Å²) in [6.07, 6.45) is 4.34. The molecule has 0 atom stereocenters. The molecule has 2 aromatic rings.